The standard InChI is InChI=1S/C27H32N4O3/c1-26(2,3)34-25(33)30-14-11-17(12-15-30)31-16-20(18-8-6-7-9-21(18)31)19-10-13-28-23-22(19)27(4,5)24(32)29-23/h6-10,13,16-17H,11-12,14-15H2,1-5H3,(H,28,29,32). The van der Waals surface area contributed by atoms with E-state index in [4.69, 9.17) is 4.74 Å². The van der Waals surface area contributed by atoms with Crippen LogP contribution in [0.25, 0.3) is 22.0 Å². The number of carbonyl (C=O) groups excluding carboxylic acids is 2. The van der Waals surface area contributed by atoms with Crippen molar-refractivity contribution in [2.75, 3.05) is 18.4 Å². The summed E-state index contributed by atoms with van der Waals surface area (Å²) in [7, 11) is 0. The van der Waals surface area contributed by atoms with Gasteiger partial charge in [-0.1, -0.05) is 18.2 Å². The summed E-state index contributed by atoms with van der Waals surface area (Å²) in [5, 5.41) is 4.09. The van der Waals surface area contributed by atoms with Gasteiger partial charge in [0.05, 0.1) is 5.41 Å². The monoisotopic (exact) mass is 460 g/mol. The molecule has 0 bridgehead atoms. The zero-order chi connectivity index (χ0) is 24.3. The van der Waals surface area contributed by atoms with Crippen molar-refractivity contribution in [3.8, 4) is 11.1 Å². The number of carbonyl (C=O) groups is 2. The SMILES string of the molecule is CC(C)(C)OC(=O)N1CCC(n2cc(-c3ccnc4c3C(C)(C)C(=O)N4)c3ccccc32)CC1. The first kappa shape index (κ1) is 22.4. The summed E-state index contributed by atoms with van der Waals surface area (Å²) >= 11 is 0. The Morgan fingerprint density at radius 2 is 1.82 bits per heavy atom. The number of hydrogen-bond acceptors (Lipinski definition) is 4. The third kappa shape index (κ3) is 3.73. The lowest BCUT2D eigenvalue weighted by Gasteiger charge is -2.34. The van der Waals surface area contributed by atoms with Crippen LogP contribution < -0.4 is 5.32 Å². The lowest BCUT2D eigenvalue weighted by molar-refractivity contribution is -0.119. The van der Waals surface area contributed by atoms with E-state index < -0.39 is 11.0 Å². The van der Waals surface area contributed by atoms with Crippen molar-refractivity contribution in [1.29, 1.82) is 0 Å². The van der Waals surface area contributed by atoms with Crippen molar-refractivity contribution < 1.29 is 14.3 Å². The summed E-state index contributed by atoms with van der Waals surface area (Å²) < 4.78 is 7.91. The Bertz CT molecular complexity index is 1280. The number of benzene rings is 1. The van der Waals surface area contributed by atoms with Gasteiger partial charge in [-0.05, 0) is 65.2 Å². The Morgan fingerprint density at radius 3 is 2.53 bits per heavy atom. The van der Waals surface area contributed by atoms with E-state index in [1.165, 1.54) is 0 Å². The van der Waals surface area contributed by atoms with Crippen molar-refractivity contribution in [1.82, 2.24) is 14.5 Å². The molecule has 0 unspecified atom stereocenters. The molecule has 1 aromatic carbocycles. The molecular formula is C27H32N4O3. The highest BCUT2D eigenvalue weighted by Gasteiger charge is 2.41. The molecule has 3 aromatic rings. The third-order valence-electron chi connectivity index (χ3n) is 6.92. The Kier molecular flexibility index (Phi) is 5.19. The van der Waals surface area contributed by atoms with Gasteiger partial charge in [0.1, 0.15) is 11.4 Å². The van der Waals surface area contributed by atoms with E-state index in [9.17, 15) is 9.59 Å². The number of nitrogens with one attached hydrogen (secondary N) is 1. The first-order chi connectivity index (χ1) is 16.1. The third-order valence-corrected chi connectivity index (χ3v) is 6.92. The van der Waals surface area contributed by atoms with Crippen LogP contribution in [0.4, 0.5) is 10.6 Å². The van der Waals surface area contributed by atoms with Crippen LogP contribution in [0.3, 0.4) is 0 Å². The number of amides is 2. The van der Waals surface area contributed by atoms with Crippen molar-refractivity contribution >= 4 is 28.7 Å². The normalized spacial score (nSPS) is 18.1. The largest absolute Gasteiger partial charge is 0.444 e. The second-order valence-electron chi connectivity index (χ2n) is 10.8. The fourth-order valence-electron chi connectivity index (χ4n) is 5.17. The molecule has 2 aliphatic heterocycles. The molecule has 2 aliphatic rings. The smallest absolute Gasteiger partial charge is 0.410 e. The van der Waals surface area contributed by atoms with Crippen molar-refractivity contribution in [3.63, 3.8) is 0 Å². The van der Waals surface area contributed by atoms with Gasteiger partial charge >= 0.3 is 6.09 Å². The first-order valence-corrected chi connectivity index (χ1v) is 11.9. The first-order valence-electron chi connectivity index (χ1n) is 11.9. The van der Waals surface area contributed by atoms with Gasteiger partial charge in [-0.3, -0.25) is 4.79 Å². The Morgan fingerprint density at radius 1 is 1.12 bits per heavy atom. The Hall–Kier alpha value is -3.35. The number of pyridine rings is 1. The lowest BCUT2D eigenvalue weighted by atomic mass is 9.82. The van der Waals surface area contributed by atoms with Crippen LogP contribution in [-0.4, -0.2) is 45.1 Å². The molecule has 2 aromatic heterocycles. The molecule has 0 atom stereocenters. The molecule has 1 fully saturated rings. The van der Waals surface area contributed by atoms with Crippen molar-refractivity contribution in [2.24, 2.45) is 0 Å². The highest BCUT2D eigenvalue weighted by Crippen LogP contribution is 2.45. The summed E-state index contributed by atoms with van der Waals surface area (Å²) in [4.78, 5) is 31.4. The molecule has 178 valence electrons. The lowest BCUT2D eigenvalue weighted by Crippen LogP contribution is -2.42. The number of anilines is 1. The minimum absolute atomic E-state index is 0.0271. The van der Waals surface area contributed by atoms with E-state index >= 15 is 0 Å². The number of likely N-dealkylation sites (tertiary alicyclic amines) is 1. The summed E-state index contributed by atoms with van der Waals surface area (Å²) in [6, 6.07) is 10.7. The second kappa shape index (κ2) is 7.86. The molecule has 0 saturated carbocycles. The fourth-order valence-corrected chi connectivity index (χ4v) is 5.17. The predicted molar refractivity (Wildman–Crippen MR) is 133 cm³/mol. The van der Waals surface area contributed by atoms with Crippen LogP contribution in [0.5, 0.6) is 0 Å². The molecule has 2 amide bonds. The summed E-state index contributed by atoms with van der Waals surface area (Å²) in [5.74, 6) is 0.621. The average molecular weight is 461 g/mol. The molecule has 0 aliphatic carbocycles. The highest BCUT2D eigenvalue weighted by atomic mass is 16.6. The Labute approximate surface area is 200 Å². The van der Waals surface area contributed by atoms with Gasteiger partial charge in [0.15, 0.2) is 0 Å². The van der Waals surface area contributed by atoms with Gasteiger partial charge < -0.3 is 19.5 Å². The zero-order valence-corrected chi connectivity index (χ0v) is 20.5. The van der Waals surface area contributed by atoms with E-state index in [1.807, 2.05) is 45.6 Å². The van der Waals surface area contributed by atoms with Gasteiger partial charge in [0.2, 0.25) is 5.91 Å². The van der Waals surface area contributed by atoms with E-state index in [0.29, 0.717) is 18.9 Å². The number of aromatic nitrogens is 2. The fraction of sp³-hybridized carbons (Fsp3) is 0.444. The number of ether oxygens (including phenoxy) is 1. The van der Waals surface area contributed by atoms with Crippen LogP contribution in [0.15, 0.2) is 42.7 Å². The number of hydrogen-bond donors (Lipinski definition) is 1. The quantitative estimate of drug-likeness (QED) is 0.547. The second-order valence-corrected chi connectivity index (χ2v) is 10.8. The molecule has 34 heavy (non-hydrogen) atoms. The molecule has 1 N–H and O–H groups in total. The topological polar surface area (TPSA) is 76.5 Å². The van der Waals surface area contributed by atoms with Gasteiger partial charge in [0.25, 0.3) is 0 Å². The van der Waals surface area contributed by atoms with Gasteiger partial charge in [-0.15, -0.1) is 0 Å². The number of para-hydroxylation sites is 1. The maximum absolute atomic E-state index is 12.6. The van der Waals surface area contributed by atoms with E-state index in [0.717, 1.165) is 40.4 Å². The average Bonchev–Trinajstić information content (AvgIpc) is 3.28. The maximum Gasteiger partial charge on any atom is 0.410 e. The summed E-state index contributed by atoms with van der Waals surface area (Å²) in [5.41, 5.74) is 3.11. The molecule has 0 radical (unpaired) electrons. The van der Waals surface area contributed by atoms with Crippen molar-refractivity contribution in [2.45, 2.75) is 64.5 Å². The molecule has 7 heteroatoms. The van der Waals surface area contributed by atoms with E-state index in [2.05, 4.69) is 45.3 Å². The predicted octanol–water partition coefficient (Wildman–Crippen LogP) is 5.51. The minimum atomic E-state index is -0.652. The molecule has 5 rings (SSSR count). The number of nitrogens with zero attached hydrogens (tertiary/aromatic N) is 3. The van der Waals surface area contributed by atoms with E-state index in [1.54, 1.807) is 6.20 Å². The molecule has 4 heterocycles. The van der Waals surface area contributed by atoms with Crippen LogP contribution >= 0.6 is 0 Å². The highest BCUT2D eigenvalue weighted by molar-refractivity contribution is 6.08. The molecule has 7 nitrogen and oxygen atoms in total. The van der Waals surface area contributed by atoms with Crippen LogP contribution in [-0.2, 0) is 14.9 Å². The van der Waals surface area contributed by atoms with Gasteiger partial charge in [-0.25, -0.2) is 9.78 Å². The summed E-state index contributed by atoms with van der Waals surface area (Å²) in [6.45, 7) is 10.9. The molecule has 1 saturated heterocycles. The van der Waals surface area contributed by atoms with E-state index in [-0.39, 0.29) is 18.0 Å². The molecular weight excluding hydrogens is 428 g/mol. The minimum Gasteiger partial charge on any atom is -0.444 e. The van der Waals surface area contributed by atoms with Crippen LogP contribution in [0, 0.1) is 0 Å². The van der Waals surface area contributed by atoms with Crippen LogP contribution in [0.1, 0.15) is 59.1 Å². The maximum atomic E-state index is 12.6. The van der Waals surface area contributed by atoms with Crippen LogP contribution in [0.2, 0.25) is 0 Å². The number of fused-ring (bicyclic) bond motifs is 2. The van der Waals surface area contributed by atoms with Gasteiger partial charge in [-0.2, -0.15) is 0 Å². The van der Waals surface area contributed by atoms with Gasteiger partial charge in [0, 0.05) is 53.6 Å². The number of piperidine rings is 1. The number of rotatable bonds is 2. The zero-order valence-electron chi connectivity index (χ0n) is 20.5. The van der Waals surface area contributed by atoms with Crippen molar-refractivity contribution in [3.05, 3.63) is 48.3 Å². The Balaban J connectivity index is 1.49. The summed E-state index contributed by atoms with van der Waals surface area (Å²) in [6.07, 6.45) is 5.46. The molecule has 0 spiro atoms.